The first kappa shape index (κ1) is 24.4. The Morgan fingerprint density at radius 2 is 2.20 bits per heavy atom. The fraction of sp³-hybridized carbons (Fsp3) is 0.292. The molecule has 177 valence electrons. The molecule has 0 aliphatic carbocycles. The van der Waals surface area contributed by atoms with E-state index in [9.17, 15) is 15.2 Å². The molecule has 35 heavy (non-hydrogen) atoms. The molecule has 3 heterocycles. The number of carbonyl (C=O) groups is 1. The van der Waals surface area contributed by atoms with E-state index in [1.807, 2.05) is 26.8 Å². The van der Waals surface area contributed by atoms with Crippen LogP contribution in [-0.4, -0.2) is 52.9 Å². The SMILES string of the molecule is CC(C)Oc1ncc(Cl)cc1Nc1nccc(-c2cc(C#N)c3c(c2)[C@@](C)(CO)CN3[B]C=O)n1. The summed E-state index contributed by atoms with van der Waals surface area (Å²) in [5.74, 6) is 0.660. The van der Waals surface area contributed by atoms with Crippen LogP contribution < -0.4 is 14.9 Å². The molecule has 1 radical (unpaired) electrons. The number of rotatable bonds is 8. The third-order valence-electron chi connectivity index (χ3n) is 5.64. The molecule has 9 nitrogen and oxygen atoms in total. The van der Waals surface area contributed by atoms with Crippen LogP contribution in [0.25, 0.3) is 11.3 Å². The molecule has 0 fully saturated rings. The molecule has 0 saturated carbocycles. The van der Waals surface area contributed by atoms with Gasteiger partial charge in [0.05, 0.1) is 29.0 Å². The van der Waals surface area contributed by atoms with Crippen molar-refractivity contribution < 1.29 is 14.6 Å². The Labute approximate surface area is 209 Å². The lowest BCUT2D eigenvalue weighted by Crippen LogP contribution is -2.36. The maximum Gasteiger partial charge on any atom is 0.329 e. The maximum absolute atomic E-state index is 11.2. The summed E-state index contributed by atoms with van der Waals surface area (Å²) < 4.78 is 5.75. The summed E-state index contributed by atoms with van der Waals surface area (Å²) >= 11 is 6.13. The van der Waals surface area contributed by atoms with E-state index < -0.39 is 5.41 Å². The number of aliphatic hydroxyl groups is 1. The number of pyridine rings is 1. The number of hydrogen-bond acceptors (Lipinski definition) is 9. The van der Waals surface area contributed by atoms with Crippen molar-refractivity contribution in [3.8, 4) is 23.2 Å². The Morgan fingerprint density at radius 1 is 1.40 bits per heavy atom. The maximum atomic E-state index is 11.2. The minimum Gasteiger partial charge on any atom is -0.473 e. The van der Waals surface area contributed by atoms with Gasteiger partial charge in [0.15, 0.2) is 0 Å². The number of fused-ring (bicyclic) bond motifs is 1. The van der Waals surface area contributed by atoms with Crippen molar-refractivity contribution in [2.45, 2.75) is 32.3 Å². The molecule has 1 aliphatic rings. The van der Waals surface area contributed by atoms with Crippen LogP contribution in [-0.2, 0) is 10.2 Å². The van der Waals surface area contributed by atoms with Crippen molar-refractivity contribution >= 4 is 42.5 Å². The van der Waals surface area contributed by atoms with Gasteiger partial charge in [-0.3, -0.25) is 0 Å². The van der Waals surface area contributed by atoms with Gasteiger partial charge in [-0.25, -0.2) is 15.0 Å². The van der Waals surface area contributed by atoms with Gasteiger partial charge < -0.3 is 24.8 Å². The van der Waals surface area contributed by atoms with Crippen LogP contribution in [0, 0.1) is 11.3 Å². The molecule has 1 atom stereocenters. The topological polar surface area (TPSA) is 124 Å². The van der Waals surface area contributed by atoms with E-state index in [2.05, 4.69) is 26.3 Å². The van der Waals surface area contributed by atoms with E-state index in [1.54, 1.807) is 29.2 Å². The number of nitrogens with zero attached hydrogens (tertiary/aromatic N) is 5. The van der Waals surface area contributed by atoms with E-state index in [4.69, 9.17) is 16.3 Å². The number of ether oxygens (including phenoxy) is 1. The molecule has 0 amide bonds. The van der Waals surface area contributed by atoms with Gasteiger partial charge in [0.2, 0.25) is 11.8 Å². The lowest BCUT2D eigenvalue weighted by Gasteiger charge is -2.23. The number of aromatic nitrogens is 3. The molecule has 4 rings (SSSR count). The minimum atomic E-state index is -0.653. The first-order chi connectivity index (χ1) is 16.8. The second-order valence-electron chi connectivity index (χ2n) is 8.73. The summed E-state index contributed by atoms with van der Waals surface area (Å²) in [6.45, 7) is 5.92. The zero-order valence-electron chi connectivity index (χ0n) is 19.5. The Balaban J connectivity index is 1.75. The van der Waals surface area contributed by atoms with Gasteiger partial charge in [0.25, 0.3) is 0 Å². The summed E-state index contributed by atoms with van der Waals surface area (Å²) in [6.07, 6.45) is 3.68. The Hall–Kier alpha value is -3.68. The Kier molecular flexibility index (Phi) is 6.92. The number of hydrogen-bond donors (Lipinski definition) is 2. The molecule has 2 N–H and O–H groups in total. The van der Waals surface area contributed by atoms with Gasteiger partial charge in [-0.1, -0.05) is 18.5 Å². The first-order valence-corrected chi connectivity index (χ1v) is 11.3. The van der Waals surface area contributed by atoms with Crippen LogP contribution in [0.15, 0.2) is 36.7 Å². The zero-order valence-corrected chi connectivity index (χ0v) is 20.2. The normalized spacial score (nSPS) is 16.5. The third kappa shape index (κ3) is 4.92. The van der Waals surface area contributed by atoms with E-state index >= 15 is 0 Å². The average molecular weight is 490 g/mol. The first-order valence-electron chi connectivity index (χ1n) is 11.0. The molecule has 1 aliphatic heterocycles. The molecular weight excluding hydrogens is 467 g/mol. The van der Waals surface area contributed by atoms with E-state index in [-0.39, 0.29) is 12.7 Å². The van der Waals surface area contributed by atoms with E-state index in [0.717, 1.165) is 5.56 Å². The predicted molar refractivity (Wildman–Crippen MR) is 135 cm³/mol. The van der Waals surface area contributed by atoms with Crippen molar-refractivity contribution in [2.24, 2.45) is 0 Å². The van der Waals surface area contributed by atoms with Crippen LogP contribution >= 0.6 is 11.6 Å². The summed E-state index contributed by atoms with van der Waals surface area (Å²) in [5.41, 5.74) is 2.89. The summed E-state index contributed by atoms with van der Waals surface area (Å²) in [5, 5.41) is 23.5. The molecule has 0 bridgehead atoms. The standard InChI is InChI=1S/C24H23BClN6O3/c1-14(2)35-22-20(8-17(26)10-29-22)31-23-28-5-4-19(30-23)15-6-16(9-27)21-18(7-15)24(3,12-33)11-32(21)25-13-34/h4-8,10,13-14,33H,11-12H2,1-3H3,(H,28,30,31)/t24-/m1/s1. The van der Waals surface area contributed by atoms with Crippen LogP contribution in [0.2, 0.25) is 5.02 Å². The zero-order chi connectivity index (χ0) is 25.2. The van der Waals surface area contributed by atoms with E-state index in [1.165, 1.54) is 13.6 Å². The van der Waals surface area contributed by atoms with Crippen molar-refractivity contribution in [1.29, 1.82) is 5.26 Å². The lowest BCUT2D eigenvalue weighted by atomic mass is 9.83. The fourth-order valence-electron chi connectivity index (χ4n) is 4.05. The van der Waals surface area contributed by atoms with Gasteiger partial charge in [0.1, 0.15) is 17.9 Å². The highest BCUT2D eigenvalue weighted by molar-refractivity contribution is 6.70. The molecule has 0 saturated heterocycles. The average Bonchev–Trinajstić information content (AvgIpc) is 3.12. The number of aliphatic hydroxyl groups excluding tert-OH is 1. The van der Waals surface area contributed by atoms with Gasteiger partial charge in [-0.05, 0) is 43.7 Å². The minimum absolute atomic E-state index is 0.0934. The fourth-order valence-corrected chi connectivity index (χ4v) is 4.20. The summed E-state index contributed by atoms with van der Waals surface area (Å²) in [6, 6.07) is 9.24. The quantitative estimate of drug-likeness (QED) is 0.361. The van der Waals surface area contributed by atoms with Crippen LogP contribution in [0.4, 0.5) is 17.3 Å². The number of benzene rings is 1. The van der Waals surface area contributed by atoms with Crippen molar-refractivity contribution in [2.75, 3.05) is 23.3 Å². The highest BCUT2D eigenvalue weighted by Gasteiger charge is 2.40. The predicted octanol–water partition coefficient (Wildman–Crippen LogP) is 3.47. The largest absolute Gasteiger partial charge is 0.473 e. The molecular formula is C24H23BClN6O3. The van der Waals surface area contributed by atoms with Gasteiger partial charge in [-0.15, -0.1) is 0 Å². The highest BCUT2D eigenvalue weighted by Crippen LogP contribution is 2.44. The van der Waals surface area contributed by atoms with Crippen LogP contribution in [0.1, 0.15) is 31.9 Å². The second-order valence-corrected chi connectivity index (χ2v) is 9.16. The Morgan fingerprint density at radius 3 is 2.89 bits per heavy atom. The number of nitriles is 1. The summed E-state index contributed by atoms with van der Waals surface area (Å²) in [7, 11) is 1.38. The molecule has 2 aromatic heterocycles. The smallest absolute Gasteiger partial charge is 0.329 e. The third-order valence-corrected chi connectivity index (χ3v) is 5.85. The summed E-state index contributed by atoms with van der Waals surface area (Å²) in [4.78, 5) is 26.0. The molecule has 1 aromatic carbocycles. The van der Waals surface area contributed by atoms with Gasteiger partial charge in [0, 0.05) is 35.6 Å². The van der Waals surface area contributed by atoms with Crippen LogP contribution in [0.3, 0.4) is 0 Å². The molecule has 0 unspecified atom stereocenters. The van der Waals surface area contributed by atoms with Gasteiger partial charge >= 0.3 is 7.41 Å². The van der Waals surface area contributed by atoms with Gasteiger partial charge in [-0.2, -0.15) is 5.26 Å². The van der Waals surface area contributed by atoms with Crippen molar-refractivity contribution in [3.63, 3.8) is 0 Å². The number of carbonyl (C=O) groups excluding carboxylic acids is 1. The highest BCUT2D eigenvalue weighted by atomic mass is 35.5. The van der Waals surface area contributed by atoms with E-state index in [0.29, 0.717) is 57.8 Å². The molecule has 11 heteroatoms. The number of anilines is 3. The van der Waals surface area contributed by atoms with Crippen LogP contribution in [0.5, 0.6) is 5.88 Å². The Bertz CT molecular complexity index is 1310. The number of nitrogens with one attached hydrogen (secondary N) is 1. The van der Waals surface area contributed by atoms with Crippen molar-refractivity contribution in [3.05, 3.63) is 52.8 Å². The molecule has 3 aromatic rings. The molecule has 0 spiro atoms. The lowest BCUT2D eigenvalue weighted by molar-refractivity contribution is 0.217. The second kappa shape index (κ2) is 9.90. The van der Waals surface area contributed by atoms with Crippen molar-refractivity contribution in [1.82, 2.24) is 15.0 Å². The number of halogens is 1. The monoisotopic (exact) mass is 489 g/mol.